The number of carbonyl (C=O) groups is 1. The molecule has 7 heteroatoms. The van der Waals surface area contributed by atoms with Crippen LogP contribution in [0.25, 0.3) is 16.4 Å². The second-order valence-electron chi connectivity index (χ2n) is 5.76. The molecule has 4 rings (SSSR count). The lowest BCUT2D eigenvalue weighted by Crippen LogP contribution is -2.10. The van der Waals surface area contributed by atoms with Gasteiger partial charge < -0.3 is 4.74 Å². The number of ketones is 1. The Morgan fingerprint density at radius 1 is 1.24 bits per heavy atom. The topological polar surface area (TPSA) is 57.0 Å². The number of methoxy groups -OCH3 is 1. The fourth-order valence-electron chi connectivity index (χ4n) is 2.98. The van der Waals surface area contributed by atoms with Crippen molar-refractivity contribution in [3.63, 3.8) is 0 Å². The van der Waals surface area contributed by atoms with Crippen molar-refractivity contribution in [2.45, 2.75) is 29.7 Å². The lowest BCUT2D eigenvalue weighted by atomic mass is 10.3. The number of carbonyl (C=O) groups excluding carboxylic acids is 1. The van der Waals surface area contributed by atoms with Gasteiger partial charge in [0.2, 0.25) is 0 Å². The molecule has 0 amide bonds. The summed E-state index contributed by atoms with van der Waals surface area (Å²) in [5.74, 6) is 1.82. The van der Waals surface area contributed by atoms with E-state index in [2.05, 4.69) is 10.2 Å². The highest BCUT2D eigenvalue weighted by atomic mass is 32.2. The number of thioether (sulfide) groups is 1. The first-order valence-corrected chi connectivity index (χ1v) is 9.86. The Kier molecular flexibility index (Phi) is 4.59. The van der Waals surface area contributed by atoms with Gasteiger partial charge in [-0.25, -0.2) is 0 Å². The zero-order valence-corrected chi connectivity index (χ0v) is 15.3. The molecular formula is C18H17N3O2S2. The highest BCUT2D eigenvalue weighted by Gasteiger charge is 2.29. The first-order valence-electron chi connectivity index (χ1n) is 8.10. The van der Waals surface area contributed by atoms with Gasteiger partial charge in [-0.15, -0.1) is 21.5 Å². The maximum absolute atomic E-state index is 12.1. The predicted octanol–water partition coefficient (Wildman–Crippen LogP) is 4.22. The fraction of sp³-hybridized carbons (Fsp3) is 0.278. The van der Waals surface area contributed by atoms with Crippen LogP contribution in [0.1, 0.15) is 19.3 Å². The molecule has 1 atom stereocenters. The van der Waals surface area contributed by atoms with Gasteiger partial charge >= 0.3 is 0 Å². The number of ether oxygens (including phenoxy) is 1. The van der Waals surface area contributed by atoms with Gasteiger partial charge in [-0.3, -0.25) is 9.36 Å². The number of nitrogens with zero attached hydrogens (tertiary/aromatic N) is 3. The van der Waals surface area contributed by atoms with Crippen LogP contribution in [-0.2, 0) is 4.79 Å². The molecule has 0 saturated heterocycles. The quantitative estimate of drug-likeness (QED) is 0.672. The Balaban J connectivity index is 1.83. The van der Waals surface area contributed by atoms with Crippen LogP contribution in [0.2, 0.25) is 0 Å². The van der Waals surface area contributed by atoms with Crippen LogP contribution >= 0.6 is 23.1 Å². The first-order chi connectivity index (χ1) is 12.3. The van der Waals surface area contributed by atoms with Crippen molar-refractivity contribution in [2.75, 3.05) is 7.11 Å². The average molecular weight is 371 g/mol. The predicted molar refractivity (Wildman–Crippen MR) is 99.7 cm³/mol. The third-order valence-electron chi connectivity index (χ3n) is 4.20. The van der Waals surface area contributed by atoms with E-state index in [0.29, 0.717) is 12.2 Å². The van der Waals surface area contributed by atoms with Crippen molar-refractivity contribution in [2.24, 2.45) is 0 Å². The van der Waals surface area contributed by atoms with Gasteiger partial charge in [0.15, 0.2) is 11.0 Å². The first kappa shape index (κ1) is 16.4. The minimum absolute atomic E-state index is 0.0335. The monoisotopic (exact) mass is 371 g/mol. The molecule has 5 nitrogen and oxygen atoms in total. The second-order valence-corrected chi connectivity index (χ2v) is 7.87. The molecule has 1 saturated carbocycles. The minimum Gasteiger partial charge on any atom is -0.495 e. The van der Waals surface area contributed by atoms with E-state index in [1.807, 2.05) is 46.3 Å². The molecule has 0 bridgehead atoms. The van der Waals surface area contributed by atoms with Crippen molar-refractivity contribution in [3.05, 3.63) is 41.8 Å². The molecule has 3 aromatic rings. The van der Waals surface area contributed by atoms with Gasteiger partial charge in [-0.1, -0.05) is 30.0 Å². The van der Waals surface area contributed by atoms with Gasteiger partial charge in [0.05, 0.1) is 22.9 Å². The summed E-state index contributed by atoms with van der Waals surface area (Å²) in [4.78, 5) is 13.1. The lowest BCUT2D eigenvalue weighted by Gasteiger charge is -2.14. The molecule has 0 N–H and O–H groups in total. The summed E-state index contributed by atoms with van der Waals surface area (Å²) in [5, 5.41) is 11.5. The second kappa shape index (κ2) is 7.01. The van der Waals surface area contributed by atoms with Crippen LogP contribution in [-0.4, -0.2) is 32.9 Å². The van der Waals surface area contributed by atoms with E-state index in [1.54, 1.807) is 18.4 Å². The van der Waals surface area contributed by atoms with E-state index in [-0.39, 0.29) is 5.25 Å². The molecule has 1 aliphatic carbocycles. The molecule has 2 aromatic heterocycles. The third kappa shape index (κ3) is 3.09. The minimum atomic E-state index is -0.0335. The van der Waals surface area contributed by atoms with Crippen molar-refractivity contribution in [1.29, 1.82) is 0 Å². The van der Waals surface area contributed by atoms with Gasteiger partial charge in [0.1, 0.15) is 11.5 Å². The van der Waals surface area contributed by atoms with E-state index in [9.17, 15) is 4.79 Å². The smallest absolute Gasteiger partial charge is 0.196 e. The van der Waals surface area contributed by atoms with Crippen LogP contribution in [0.4, 0.5) is 0 Å². The van der Waals surface area contributed by atoms with Crippen molar-refractivity contribution >= 4 is 28.9 Å². The van der Waals surface area contributed by atoms with E-state index < -0.39 is 0 Å². The number of aromatic nitrogens is 3. The van der Waals surface area contributed by atoms with Gasteiger partial charge in [-0.05, 0) is 36.4 Å². The zero-order chi connectivity index (χ0) is 17.2. The number of rotatable bonds is 5. The molecule has 0 radical (unpaired) electrons. The third-order valence-corrected chi connectivity index (χ3v) is 6.32. The summed E-state index contributed by atoms with van der Waals surface area (Å²) >= 11 is 3.12. The van der Waals surface area contributed by atoms with Crippen molar-refractivity contribution < 1.29 is 9.53 Å². The number of thiophene rings is 1. The maximum Gasteiger partial charge on any atom is 0.196 e. The Labute approximate surface area is 154 Å². The Morgan fingerprint density at radius 3 is 2.84 bits per heavy atom. The lowest BCUT2D eigenvalue weighted by molar-refractivity contribution is -0.116. The van der Waals surface area contributed by atoms with E-state index in [0.717, 1.165) is 40.1 Å². The summed E-state index contributed by atoms with van der Waals surface area (Å²) < 4.78 is 7.54. The van der Waals surface area contributed by atoms with Crippen LogP contribution < -0.4 is 4.74 Å². The van der Waals surface area contributed by atoms with Crippen LogP contribution in [0.15, 0.2) is 46.9 Å². The number of hydrogen-bond donors (Lipinski definition) is 0. The summed E-state index contributed by atoms with van der Waals surface area (Å²) in [6.07, 6.45) is 2.52. The summed E-state index contributed by atoms with van der Waals surface area (Å²) in [6.45, 7) is 0. The standard InChI is InChI=1S/C18H17N3O2S2/c1-23-14-8-3-2-6-12(14)21-17(16-10-5-11-24-16)19-20-18(21)25-15-9-4-7-13(15)22/h2-3,5-6,8,10-11,15H,4,7,9H2,1H3. The fourth-order valence-corrected chi connectivity index (χ4v) is 4.84. The van der Waals surface area contributed by atoms with E-state index >= 15 is 0 Å². The average Bonchev–Trinajstić information content (AvgIpc) is 3.37. The number of benzene rings is 1. The van der Waals surface area contributed by atoms with Gasteiger partial charge in [0.25, 0.3) is 0 Å². The van der Waals surface area contributed by atoms with Gasteiger partial charge in [0, 0.05) is 6.42 Å². The molecule has 0 aliphatic heterocycles. The molecular weight excluding hydrogens is 354 g/mol. The highest BCUT2D eigenvalue weighted by molar-refractivity contribution is 8.00. The molecule has 1 unspecified atom stereocenters. The Morgan fingerprint density at radius 2 is 2.12 bits per heavy atom. The molecule has 1 aromatic carbocycles. The molecule has 1 aliphatic rings. The highest BCUT2D eigenvalue weighted by Crippen LogP contribution is 2.37. The largest absolute Gasteiger partial charge is 0.495 e. The number of hydrogen-bond acceptors (Lipinski definition) is 6. The maximum atomic E-state index is 12.1. The normalized spacial score (nSPS) is 17.2. The number of para-hydroxylation sites is 2. The Bertz CT molecular complexity index is 890. The number of Topliss-reactive ketones (excluding diaryl/α,β-unsaturated/α-hetero) is 1. The van der Waals surface area contributed by atoms with Crippen LogP contribution in [0, 0.1) is 0 Å². The SMILES string of the molecule is COc1ccccc1-n1c(SC2CCCC2=O)nnc1-c1cccs1. The van der Waals surface area contributed by atoms with Gasteiger partial charge in [-0.2, -0.15) is 0 Å². The van der Waals surface area contributed by atoms with Crippen LogP contribution in [0.5, 0.6) is 5.75 Å². The van der Waals surface area contributed by atoms with Crippen molar-refractivity contribution in [1.82, 2.24) is 14.8 Å². The van der Waals surface area contributed by atoms with Crippen molar-refractivity contribution in [3.8, 4) is 22.1 Å². The van der Waals surface area contributed by atoms with E-state index in [1.165, 1.54) is 11.8 Å². The molecule has 0 spiro atoms. The summed E-state index contributed by atoms with van der Waals surface area (Å²) in [7, 11) is 1.65. The summed E-state index contributed by atoms with van der Waals surface area (Å²) in [5.41, 5.74) is 0.881. The molecule has 128 valence electrons. The molecule has 2 heterocycles. The summed E-state index contributed by atoms with van der Waals surface area (Å²) in [6, 6.07) is 11.8. The molecule has 25 heavy (non-hydrogen) atoms. The zero-order valence-electron chi connectivity index (χ0n) is 13.7. The van der Waals surface area contributed by atoms with E-state index in [4.69, 9.17) is 4.74 Å². The van der Waals surface area contributed by atoms with Crippen LogP contribution in [0.3, 0.4) is 0 Å². The Hall–Kier alpha value is -2.12. The molecule has 1 fully saturated rings.